The normalized spacial score (nSPS) is 17.3. The lowest BCUT2D eigenvalue weighted by Crippen LogP contribution is -2.49. The molecule has 1 aliphatic rings. The van der Waals surface area contributed by atoms with Crippen LogP contribution in [0.25, 0.3) is 0 Å². The van der Waals surface area contributed by atoms with Crippen LogP contribution in [-0.4, -0.2) is 18.5 Å². The Balaban J connectivity index is 2.10. The monoisotopic (exact) mass is 260 g/mol. The van der Waals surface area contributed by atoms with Gasteiger partial charge in [0.1, 0.15) is 0 Å². The van der Waals surface area contributed by atoms with Gasteiger partial charge in [-0.05, 0) is 30.0 Å². The zero-order valence-corrected chi connectivity index (χ0v) is 11.5. The molecule has 0 spiro atoms. The van der Waals surface area contributed by atoms with E-state index in [4.69, 9.17) is 0 Å². The number of hydrogen-bond donors (Lipinski definition) is 1. The third kappa shape index (κ3) is 3.13. The van der Waals surface area contributed by atoms with Crippen molar-refractivity contribution in [1.29, 1.82) is 0 Å². The number of hydrogen-bond acceptors (Lipinski definition) is 2. The predicted molar refractivity (Wildman–Crippen MR) is 75.3 cm³/mol. The lowest BCUT2D eigenvalue weighted by atomic mass is 9.96. The van der Waals surface area contributed by atoms with E-state index < -0.39 is 0 Å². The van der Waals surface area contributed by atoms with Crippen molar-refractivity contribution in [3.8, 4) is 0 Å². The van der Waals surface area contributed by atoms with Crippen molar-refractivity contribution >= 4 is 17.6 Å². The summed E-state index contributed by atoms with van der Waals surface area (Å²) in [7, 11) is 0. The van der Waals surface area contributed by atoms with Crippen LogP contribution in [0.2, 0.25) is 0 Å². The minimum absolute atomic E-state index is 0.200. The molecule has 4 heteroatoms. The van der Waals surface area contributed by atoms with E-state index in [0.717, 1.165) is 12.1 Å². The number of urea groups is 1. The third-order valence-corrected chi connectivity index (χ3v) is 3.55. The molecule has 1 heterocycles. The van der Waals surface area contributed by atoms with E-state index >= 15 is 0 Å². The SMILES string of the molecule is CCCC(C)c1ccc(N2CCC(=O)NC2=O)cc1. The van der Waals surface area contributed by atoms with Gasteiger partial charge in [-0.25, -0.2) is 4.79 Å². The van der Waals surface area contributed by atoms with Gasteiger partial charge in [0.15, 0.2) is 0 Å². The zero-order chi connectivity index (χ0) is 13.8. The summed E-state index contributed by atoms with van der Waals surface area (Å²) in [4.78, 5) is 24.4. The highest BCUT2D eigenvalue weighted by Crippen LogP contribution is 2.24. The molecule has 0 saturated carbocycles. The minimum atomic E-state index is -0.328. The van der Waals surface area contributed by atoms with Crippen molar-refractivity contribution in [2.75, 3.05) is 11.4 Å². The van der Waals surface area contributed by atoms with Crippen LogP contribution in [0.1, 0.15) is 44.6 Å². The van der Waals surface area contributed by atoms with Gasteiger partial charge >= 0.3 is 6.03 Å². The van der Waals surface area contributed by atoms with E-state index in [1.807, 2.05) is 12.1 Å². The first-order valence-corrected chi connectivity index (χ1v) is 6.83. The summed E-state index contributed by atoms with van der Waals surface area (Å²) in [6.07, 6.45) is 2.69. The van der Waals surface area contributed by atoms with E-state index in [1.165, 1.54) is 12.0 Å². The summed E-state index contributed by atoms with van der Waals surface area (Å²) in [5.74, 6) is 0.338. The number of carbonyl (C=O) groups is 2. The summed E-state index contributed by atoms with van der Waals surface area (Å²) in [5, 5.41) is 2.33. The smallest absolute Gasteiger partial charge is 0.294 e. The van der Waals surface area contributed by atoms with Crippen LogP contribution in [0, 0.1) is 0 Å². The Morgan fingerprint density at radius 3 is 2.53 bits per heavy atom. The van der Waals surface area contributed by atoms with Crippen molar-refractivity contribution in [2.45, 2.75) is 39.0 Å². The highest BCUT2D eigenvalue weighted by Gasteiger charge is 2.23. The average molecular weight is 260 g/mol. The van der Waals surface area contributed by atoms with E-state index in [2.05, 4.69) is 31.3 Å². The van der Waals surface area contributed by atoms with Gasteiger partial charge in [0.05, 0.1) is 0 Å². The molecular weight excluding hydrogens is 240 g/mol. The van der Waals surface area contributed by atoms with Crippen molar-refractivity contribution < 1.29 is 9.59 Å². The highest BCUT2D eigenvalue weighted by molar-refractivity contribution is 6.05. The fourth-order valence-corrected chi connectivity index (χ4v) is 2.39. The Kier molecular flexibility index (Phi) is 4.20. The number of benzene rings is 1. The molecule has 1 aromatic rings. The Hall–Kier alpha value is -1.84. The van der Waals surface area contributed by atoms with E-state index in [0.29, 0.717) is 18.9 Å². The maximum absolute atomic E-state index is 11.7. The second-order valence-corrected chi connectivity index (χ2v) is 5.04. The van der Waals surface area contributed by atoms with Crippen molar-refractivity contribution in [3.63, 3.8) is 0 Å². The van der Waals surface area contributed by atoms with Gasteiger partial charge in [-0.15, -0.1) is 0 Å². The molecule has 2 rings (SSSR count). The van der Waals surface area contributed by atoms with E-state index in [-0.39, 0.29) is 11.9 Å². The summed E-state index contributed by atoms with van der Waals surface area (Å²) in [6, 6.07) is 7.72. The molecule has 1 atom stereocenters. The molecule has 4 nitrogen and oxygen atoms in total. The average Bonchev–Trinajstić information content (AvgIpc) is 2.39. The van der Waals surface area contributed by atoms with Crippen molar-refractivity contribution in [2.24, 2.45) is 0 Å². The Labute approximate surface area is 113 Å². The molecule has 0 bridgehead atoms. The second kappa shape index (κ2) is 5.87. The largest absolute Gasteiger partial charge is 0.328 e. The molecule has 1 N–H and O–H groups in total. The number of carbonyl (C=O) groups excluding carboxylic acids is 2. The summed E-state index contributed by atoms with van der Waals surface area (Å²) >= 11 is 0. The molecule has 0 radical (unpaired) electrons. The van der Waals surface area contributed by atoms with Gasteiger partial charge in [-0.1, -0.05) is 32.4 Å². The van der Waals surface area contributed by atoms with E-state index in [1.54, 1.807) is 4.90 Å². The molecule has 1 fully saturated rings. The third-order valence-electron chi connectivity index (χ3n) is 3.55. The fraction of sp³-hybridized carbons (Fsp3) is 0.467. The van der Waals surface area contributed by atoms with Gasteiger partial charge in [0, 0.05) is 18.7 Å². The van der Waals surface area contributed by atoms with Gasteiger partial charge in [-0.2, -0.15) is 0 Å². The number of imide groups is 1. The van der Waals surface area contributed by atoms with Crippen molar-refractivity contribution in [1.82, 2.24) is 5.32 Å². The van der Waals surface area contributed by atoms with Crippen LogP contribution in [0.5, 0.6) is 0 Å². The lowest BCUT2D eigenvalue weighted by Gasteiger charge is -2.26. The van der Waals surface area contributed by atoms with Gasteiger partial charge in [0.25, 0.3) is 0 Å². The van der Waals surface area contributed by atoms with Gasteiger partial charge < -0.3 is 0 Å². The summed E-state index contributed by atoms with van der Waals surface area (Å²) < 4.78 is 0. The van der Waals surface area contributed by atoms with Crippen molar-refractivity contribution in [3.05, 3.63) is 29.8 Å². The van der Waals surface area contributed by atoms with Crippen LogP contribution < -0.4 is 10.2 Å². The van der Waals surface area contributed by atoms with Crippen LogP contribution >= 0.6 is 0 Å². The zero-order valence-electron chi connectivity index (χ0n) is 11.5. The van der Waals surface area contributed by atoms with Gasteiger partial charge in [-0.3, -0.25) is 15.0 Å². The molecule has 1 unspecified atom stereocenters. The maximum Gasteiger partial charge on any atom is 0.328 e. The summed E-state index contributed by atoms with van der Waals surface area (Å²) in [6.45, 7) is 4.85. The number of amides is 3. The predicted octanol–water partition coefficient (Wildman–Crippen LogP) is 3.04. The quantitative estimate of drug-likeness (QED) is 0.904. The molecule has 1 aromatic carbocycles. The minimum Gasteiger partial charge on any atom is -0.294 e. The first-order valence-electron chi connectivity index (χ1n) is 6.83. The van der Waals surface area contributed by atoms with Crippen LogP contribution in [0.15, 0.2) is 24.3 Å². The Bertz CT molecular complexity index is 468. The Morgan fingerprint density at radius 1 is 1.26 bits per heavy atom. The van der Waals surface area contributed by atoms with Crippen LogP contribution in [-0.2, 0) is 4.79 Å². The standard InChI is InChI=1S/C15H20N2O2/c1-3-4-11(2)12-5-7-13(8-6-12)17-10-9-14(18)16-15(17)19/h5-8,11H,3-4,9-10H2,1-2H3,(H,16,18,19). The Morgan fingerprint density at radius 2 is 1.95 bits per heavy atom. The maximum atomic E-state index is 11.7. The second-order valence-electron chi connectivity index (χ2n) is 5.04. The molecule has 102 valence electrons. The molecule has 1 saturated heterocycles. The molecular formula is C15H20N2O2. The fourth-order valence-electron chi connectivity index (χ4n) is 2.39. The number of nitrogens with one attached hydrogen (secondary N) is 1. The molecule has 19 heavy (non-hydrogen) atoms. The molecule has 3 amide bonds. The topological polar surface area (TPSA) is 49.4 Å². The molecule has 0 aromatic heterocycles. The first kappa shape index (κ1) is 13.6. The number of nitrogens with zero attached hydrogens (tertiary/aromatic N) is 1. The highest BCUT2D eigenvalue weighted by atomic mass is 16.2. The first-order chi connectivity index (χ1) is 9.11. The molecule has 0 aliphatic carbocycles. The summed E-state index contributed by atoms with van der Waals surface area (Å²) in [5.41, 5.74) is 2.14. The van der Waals surface area contributed by atoms with Crippen LogP contribution in [0.4, 0.5) is 10.5 Å². The lowest BCUT2D eigenvalue weighted by molar-refractivity contribution is -0.120. The van der Waals surface area contributed by atoms with E-state index in [9.17, 15) is 9.59 Å². The van der Waals surface area contributed by atoms with Crippen LogP contribution in [0.3, 0.4) is 0 Å². The number of anilines is 1. The molecule has 1 aliphatic heterocycles. The van der Waals surface area contributed by atoms with Gasteiger partial charge in [0.2, 0.25) is 5.91 Å². The number of rotatable bonds is 4.